The third-order valence-corrected chi connectivity index (χ3v) is 4.82. The van der Waals surface area contributed by atoms with Gasteiger partial charge in [-0.2, -0.15) is 0 Å². The summed E-state index contributed by atoms with van der Waals surface area (Å²) < 4.78 is 5.33. The summed E-state index contributed by atoms with van der Waals surface area (Å²) in [5.41, 5.74) is 0.965. The van der Waals surface area contributed by atoms with E-state index in [-0.39, 0.29) is 23.7 Å². The molecule has 2 aliphatic rings. The second kappa shape index (κ2) is 6.59. The van der Waals surface area contributed by atoms with E-state index >= 15 is 0 Å². The van der Waals surface area contributed by atoms with Crippen LogP contribution in [0.15, 0.2) is 66.7 Å². The lowest BCUT2D eigenvalue weighted by atomic mass is 9.85. The van der Waals surface area contributed by atoms with Gasteiger partial charge in [-0.3, -0.25) is 14.5 Å². The normalized spacial score (nSPS) is 21.6. The predicted octanol–water partition coefficient (Wildman–Crippen LogP) is 3.36. The van der Waals surface area contributed by atoms with Crippen molar-refractivity contribution in [3.05, 3.63) is 72.3 Å². The van der Waals surface area contributed by atoms with Crippen LogP contribution in [0, 0.1) is 11.8 Å². The number of rotatable bonds is 3. The van der Waals surface area contributed by atoms with Gasteiger partial charge in [-0.15, -0.1) is 0 Å². The molecule has 130 valence electrons. The fourth-order valence-corrected chi connectivity index (χ4v) is 3.46. The highest BCUT2D eigenvalue weighted by atomic mass is 16.5. The maximum absolute atomic E-state index is 12.6. The Morgan fingerprint density at radius 2 is 1.42 bits per heavy atom. The van der Waals surface area contributed by atoms with Crippen LogP contribution in [0.2, 0.25) is 0 Å². The highest BCUT2D eigenvalue weighted by molar-refractivity contribution is 6.22. The van der Waals surface area contributed by atoms with Crippen molar-refractivity contribution in [1.82, 2.24) is 0 Å². The first kappa shape index (κ1) is 16.3. The third kappa shape index (κ3) is 2.81. The van der Waals surface area contributed by atoms with Crippen molar-refractivity contribution in [3.63, 3.8) is 0 Å². The lowest BCUT2D eigenvalue weighted by Gasteiger charge is -2.15. The second-order valence-electron chi connectivity index (χ2n) is 6.42. The number of fused-ring (bicyclic) bond motifs is 1. The molecule has 0 unspecified atom stereocenters. The summed E-state index contributed by atoms with van der Waals surface area (Å²) in [6.45, 7) is 0. The summed E-state index contributed by atoms with van der Waals surface area (Å²) in [5, 5.41) is 0. The SMILES string of the molecule is O=C(Oc1ccc(N2C(=O)[C@H]3CC=CC[C@@H]3C2=O)cc1)c1ccccc1. The minimum Gasteiger partial charge on any atom is -0.423 e. The Balaban J connectivity index is 1.51. The van der Waals surface area contributed by atoms with Crippen molar-refractivity contribution < 1.29 is 19.1 Å². The third-order valence-electron chi connectivity index (χ3n) is 4.82. The molecular formula is C21H17NO4. The van der Waals surface area contributed by atoms with Crippen LogP contribution in [0.3, 0.4) is 0 Å². The van der Waals surface area contributed by atoms with Crippen LogP contribution < -0.4 is 9.64 Å². The Morgan fingerprint density at radius 1 is 0.846 bits per heavy atom. The quantitative estimate of drug-likeness (QED) is 0.370. The van der Waals surface area contributed by atoms with Gasteiger partial charge >= 0.3 is 5.97 Å². The Labute approximate surface area is 150 Å². The molecule has 0 bridgehead atoms. The summed E-state index contributed by atoms with van der Waals surface area (Å²) in [5.74, 6) is -0.924. The highest BCUT2D eigenvalue weighted by Gasteiger charge is 2.47. The Kier molecular flexibility index (Phi) is 4.13. The van der Waals surface area contributed by atoms with Crippen molar-refractivity contribution in [2.45, 2.75) is 12.8 Å². The largest absolute Gasteiger partial charge is 0.423 e. The zero-order chi connectivity index (χ0) is 18.1. The molecule has 2 aromatic carbocycles. The number of ether oxygens (including phenoxy) is 1. The monoisotopic (exact) mass is 347 g/mol. The van der Waals surface area contributed by atoms with E-state index in [2.05, 4.69) is 0 Å². The number of hydrogen-bond donors (Lipinski definition) is 0. The predicted molar refractivity (Wildman–Crippen MR) is 95.7 cm³/mol. The molecule has 5 heteroatoms. The number of nitrogens with zero attached hydrogens (tertiary/aromatic N) is 1. The first-order valence-corrected chi connectivity index (χ1v) is 8.55. The van der Waals surface area contributed by atoms with Crippen LogP contribution in [0.5, 0.6) is 5.75 Å². The van der Waals surface area contributed by atoms with Crippen LogP contribution in [0.1, 0.15) is 23.2 Å². The van der Waals surface area contributed by atoms with E-state index in [1.165, 1.54) is 4.90 Å². The smallest absolute Gasteiger partial charge is 0.343 e. The summed E-state index contributed by atoms with van der Waals surface area (Å²) in [6.07, 6.45) is 5.14. The maximum atomic E-state index is 12.6. The van der Waals surface area contributed by atoms with E-state index < -0.39 is 5.97 Å². The Morgan fingerprint density at radius 3 is 2.00 bits per heavy atom. The zero-order valence-corrected chi connectivity index (χ0v) is 14.0. The molecule has 1 aliphatic carbocycles. The molecule has 1 aliphatic heterocycles. The molecule has 0 spiro atoms. The molecule has 26 heavy (non-hydrogen) atoms. The van der Waals surface area contributed by atoms with Crippen LogP contribution in [-0.2, 0) is 9.59 Å². The average molecular weight is 347 g/mol. The van der Waals surface area contributed by atoms with E-state index in [1.807, 2.05) is 18.2 Å². The second-order valence-corrected chi connectivity index (χ2v) is 6.42. The van der Waals surface area contributed by atoms with Crippen LogP contribution in [0.25, 0.3) is 0 Å². The zero-order valence-electron chi connectivity index (χ0n) is 14.0. The van der Waals surface area contributed by atoms with E-state index in [4.69, 9.17) is 4.74 Å². The molecule has 1 fully saturated rings. The molecule has 4 rings (SSSR count). The number of imide groups is 1. The van der Waals surface area contributed by atoms with Crippen LogP contribution >= 0.6 is 0 Å². The van der Waals surface area contributed by atoms with Gasteiger partial charge in [0.05, 0.1) is 23.1 Å². The van der Waals surface area contributed by atoms with Gasteiger partial charge in [-0.05, 0) is 49.2 Å². The summed E-state index contributed by atoms with van der Waals surface area (Å²) >= 11 is 0. The number of carbonyl (C=O) groups excluding carboxylic acids is 3. The number of hydrogen-bond acceptors (Lipinski definition) is 4. The lowest BCUT2D eigenvalue weighted by molar-refractivity contribution is -0.122. The van der Waals surface area contributed by atoms with Gasteiger partial charge in [0.25, 0.3) is 0 Å². The number of esters is 1. The highest BCUT2D eigenvalue weighted by Crippen LogP contribution is 2.37. The van der Waals surface area contributed by atoms with Crippen molar-refractivity contribution in [1.29, 1.82) is 0 Å². The van der Waals surface area contributed by atoms with Gasteiger partial charge in [-0.25, -0.2) is 4.79 Å². The molecule has 0 N–H and O–H groups in total. The lowest BCUT2D eigenvalue weighted by Crippen LogP contribution is -2.30. The van der Waals surface area contributed by atoms with Crippen molar-refractivity contribution in [3.8, 4) is 5.75 Å². The Hall–Kier alpha value is -3.21. The molecule has 2 aromatic rings. The number of carbonyl (C=O) groups is 3. The first-order valence-electron chi connectivity index (χ1n) is 8.55. The van der Waals surface area contributed by atoms with Gasteiger partial charge in [0.15, 0.2) is 0 Å². The molecule has 2 atom stereocenters. The van der Waals surface area contributed by atoms with Gasteiger partial charge in [0.1, 0.15) is 5.75 Å². The number of amides is 2. The van der Waals surface area contributed by atoms with Crippen molar-refractivity contribution >= 4 is 23.5 Å². The van der Waals surface area contributed by atoms with Crippen molar-refractivity contribution in [2.24, 2.45) is 11.8 Å². The van der Waals surface area contributed by atoms with Gasteiger partial charge in [0, 0.05) is 0 Å². The fourth-order valence-electron chi connectivity index (χ4n) is 3.46. The first-order chi connectivity index (χ1) is 12.6. The van der Waals surface area contributed by atoms with Gasteiger partial charge in [0.2, 0.25) is 11.8 Å². The molecule has 0 saturated carbocycles. The molecule has 2 amide bonds. The molecule has 0 aromatic heterocycles. The van der Waals surface area contributed by atoms with Gasteiger partial charge in [-0.1, -0.05) is 30.4 Å². The topological polar surface area (TPSA) is 63.7 Å². The number of allylic oxidation sites excluding steroid dienone is 2. The molecule has 5 nitrogen and oxygen atoms in total. The maximum Gasteiger partial charge on any atom is 0.343 e. The standard InChI is InChI=1S/C21H17NO4/c23-19-17-8-4-5-9-18(17)20(24)22(19)15-10-12-16(13-11-15)26-21(25)14-6-2-1-3-7-14/h1-7,10-13,17-18H,8-9H2/t17-,18-/m0/s1. The molecule has 1 saturated heterocycles. The van der Waals surface area contributed by atoms with Crippen LogP contribution in [-0.4, -0.2) is 17.8 Å². The minimum atomic E-state index is -0.455. The minimum absolute atomic E-state index is 0.154. The average Bonchev–Trinajstić information content (AvgIpc) is 2.94. The summed E-state index contributed by atoms with van der Waals surface area (Å²) in [7, 11) is 0. The summed E-state index contributed by atoms with van der Waals surface area (Å²) in [4.78, 5) is 38.5. The van der Waals surface area contributed by atoms with Crippen molar-refractivity contribution in [2.75, 3.05) is 4.90 Å². The molecular weight excluding hydrogens is 330 g/mol. The number of benzene rings is 2. The van der Waals surface area contributed by atoms with E-state index in [9.17, 15) is 14.4 Å². The molecule has 1 heterocycles. The summed E-state index contributed by atoms with van der Waals surface area (Å²) in [6, 6.07) is 15.2. The fraction of sp³-hybridized carbons (Fsp3) is 0.190. The van der Waals surface area contributed by atoms with Crippen LogP contribution in [0.4, 0.5) is 5.69 Å². The van der Waals surface area contributed by atoms with E-state index in [0.717, 1.165) is 0 Å². The molecule has 0 radical (unpaired) electrons. The van der Waals surface area contributed by atoms with E-state index in [1.54, 1.807) is 48.5 Å². The number of anilines is 1. The van der Waals surface area contributed by atoms with Gasteiger partial charge < -0.3 is 4.74 Å². The Bertz CT molecular complexity index is 860. The van der Waals surface area contributed by atoms with E-state index in [0.29, 0.717) is 29.8 Å².